The van der Waals surface area contributed by atoms with Crippen LogP contribution in [-0.4, -0.2) is 37.4 Å². The van der Waals surface area contributed by atoms with Crippen LogP contribution in [0.3, 0.4) is 0 Å². The lowest BCUT2D eigenvalue weighted by molar-refractivity contribution is 0.230. The molecule has 1 aliphatic rings. The van der Waals surface area contributed by atoms with Crippen LogP contribution in [0.5, 0.6) is 5.75 Å². The number of nitrogens with zero attached hydrogens (tertiary/aromatic N) is 1. The molecule has 0 amide bonds. The third-order valence-electron chi connectivity index (χ3n) is 3.39. The van der Waals surface area contributed by atoms with Gasteiger partial charge in [-0.3, -0.25) is 0 Å². The maximum atomic E-state index is 5.88. The van der Waals surface area contributed by atoms with E-state index in [-0.39, 0.29) is 0 Å². The molecule has 1 aliphatic carbocycles. The number of thioether (sulfide) groups is 1. The van der Waals surface area contributed by atoms with Gasteiger partial charge in [-0.05, 0) is 38.3 Å². The third-order valence-corrected chi connectivity index (χ3v) is 4.21. The van der Waals surface area contributed by atoms with E-state index in [4.69, 9.17) is 10.5 Å². The fourth-order valence-electron chi connectivity index (χ4n) is 2.07. The second-order valence-corrected chi connectivity index (χ2v) is 5.55. The first-order valence-electron chi connectivity index (χ1n) is 6.45. The van der Waals surface area contributed by atoms with Gasteiger partial charge in [0.2, 0.25) is 0 Å². The van der Waals surface area contributed by atoms with E-state index in [1.165, 1.54) is 17.7 Å². The summed E-state index contributed by atoms with van der Waals surface area (Å²) in [5.41, 5.74) is 6.94. The van der Waals surface area contributed by atoms with E-state index in [1.54, 1.807) is 11.8 Å². The lowest BCUT2D eigenvalue weighted by Crippen LogP contribution is -2.26. The molecule has 1 saturated carbocycles. The van der Waals surface area contributed by atoms with Crippen molar-refractivity contribution in [1.82, 2.24) is 4.90 Å². The Balaban J connectivity index is 1.91. The van der Waals surface area contributed by atoms with Gasteiger partial charge in [-0.2, -0.15) is 0 Å². The Kier molecular flexibility index (Phi) is 4.92. The van der Waals surface area contributed by atoms with E-state index < -0.39 is 0 Å². The highest BCUT2D eigenvalue weighted by molar-refractivity contribution is 7.98. The molecule has 3 nitrogen and oxygen atoms in total. The number of likely N-dealkylation sites (N-methyl/N-ethyl adjacent to an activating group) is 1. The van der Waals surface area contributed by atoms with Gasteiger partial charge in [-0.1, -0.05) is 6.07 Å². The van der Waals surface area contributed by atoms with Gasteiger partial charge in [0.05, 0.1) is 0 Å². The molecule has 0 spiro atoms. The van der Waals surface area contributed by atoms with Gasteiger partial charge in [-0.25, -0.2) is 0 Å². The highest BCUT2D eigenvalue weighted by Crippen LogP contribution is 2.29. The molecular weight excluding hydrogens is 244 g/mol. The average Bonchev–Trinajstić information content (AvgIpc) is 3.22. The number of hydrogen-bond acceptors (Lipinski definition) is 4. The summed E-state index contributed by atoms with van der Waals surface area (Å²) < 4.78 is 5.88. The van der Waals surface area contributed by atoms with Crippen LogP contribution in [0.4, 0.5) is 0 Å². The Morgan fingerprint density at radius 1 is 1.44 bits per heavy atom. The molecule has 1 aromatic carbocycles. The molecule has 100 valence electrons. The zero-order valence-corrected chi connectivity index (χ0v) is 12.0. The lowest BCUT2D eigenvalue weighted by Gasteiger charge is -2.17. The molecule has 0 heterocycles. The van der Waals surface area contributed by atoms with Crippen molar-refractivity contribution in [3.63, 3.8) is 0 Å². The highest BCUT2D eigenvalue weighted by atomic mass is 32.2. The van der Waals surface area contributed by atoms with Crippen molar-refractivity contribution in [3.05, 3.63) is 23.8 Å². The summed E-state index contributed by atoms with van der Waals surface area (Å²) in [6.45, 7) is 2.25. The van der Waals surface area contributed by atoms with Crippen LogP contribution in [-0.2, 0) is 6.54 Å². The molecule has 4 heteroatoms. The van der Waals surface area contributed by atoms with E-state index in [0.717, 1.165) is 30.5 Å². The molecule has 0 atom stereocenters. The largest absolute Gasteiger partial charge is 0.492 e. The van der Waals surface area contributed by atoms with Crippen LogP contribution < -0.4 is 10.5 Å². The van der Waals surface area contributed by atoms with Crippen molar-refractivity contribution in [2.45, 2.75) is 30.3 Å². The van der Waals surface area contributed by atoms with Gasteiger partial charge in [0.25, 0.3) is 0 Å². The highest BCUT2D eigenvalue weighted by Gasteiger charge is 2.25. The Bertz CT molecular complexity index is 393. The number of ether oxygens (including phenoxy) is 1. The SMILES string of the molecule is CSc1cccc(OCCN(C)C2CC2)c1CN. The third kappa shape index (κ3) is 3.40. The minimum absolute atomic E-state index is 0.533. The Labute approximate surface area is 114 Å². The zero-order valence-electron chi connectivity index (χ0n) is 11.2. The Morgan fingerprint density at radius 3 is 2.83 bits per heavy atom. The van der Waals surface area contributed by atoms with Crippen molar-refractivity contribution in [1.29, 1.82) is 0 Å². The maximum absolute atomic E-state index is 5.88. The molecule has 0 saturated heterocycles. The summed E-state index contributed by atoms with van der Waals surface area (Å²) in [7, 11) is 2.17. The number of benzene rings is 1. The predicted octanol–water partition coefficient (Wildman–Crippen LogP) is 2.34. The van der Waals surface area contributed by atoms with Gasteiger partial charge in [0.15, 0.2) is 0 Å². The summed E-state index contributed by atoms with van der Waals surface area (Å²) in [6, 6.07) is 6.93. The smallest absolute Gasteiger partial charge is 0.124 e. The second-order valence-electron chi connectivity index (χ2n) is 4.70. The Morgan fingerprint density at radius 2 is 2.22 bits per heavy atom. The van der Waals surface area contributed by atoms with Crippen LogP contribution in [0.25, 0.3) is 0 Å². The lowest BCUT2D eigenvalue weighted by atomic mass is 10.2. The summed E-state index contributed by atoms with van der Waals surface area (Å²) in [6.07, 6.45) is 4.75. The van der Waals surface area contributed by atoms with E-state index >= 15 is 0 Å². The summed E-state index contributed by atoms with van der Waals surface area (Å²) in [5, 5.41) is 0. The van der Waals surface area contributed by atoms with Gasteiger partial charge in [0, 0.05) is 29.6 Å². The molecule has 0 aliphatic heterocycles. The van der Waals surface area contributed by atoms with Crippen molar-refractivity contribution in [2.75, 3.05) is 26.5 Å². The average molecular weight is 266 g/mol. The van der Waals surface area contributed by atoms with Crippen molar-refractivity contribution in [3.8, 4) is 5.75 Å². The second kappa shape index (κ2) is 6.45. The molecule has 2 N–H and O–H groups in total. The molecule has 2 rings (SSSR count). The van der Waals surface area contributed by atoms with Gasteiger partial charge in [0.1, 0.15) is 12.4 Å². The molecule has 1 fully saturated rings. The monoisotopic (exact) mass is 266 g/mol. The van der Waals surface area contributed by atoms with E-state index in [0.29, 0.717) is 6.54 Å². The summed E-state index contributed by atoms with van der Waals surface area (Å²) >= 11 is 1.72. The van der Waals surface area contributed by atoms with Gasteiger partial charge >= 0.3 is 0 Å². The standard InChI is InChI=1S/C14H22N2OS/c1-16(11-6-7-11)8-9-17-13-4-3-5-14(18-2)12(13)10-15/h3-5,11H,6-10,15H2,1-2H3. The van der Waals surface area contributed by atoms with E-state index in [2.05, 4.69) is 24.3 Å². The fourth-order valence-corrected chi connectivity index (χ4v) is 2.72. The Hall–Kier alpha value is -0.710. The van der Waals surface area contributed by atoms with Crippen LogP contribution in [0.2, 0.25) is 0 Å². The molecule has 0 radical (unpaired) electrons. The van der Waals surface area contributed by atoms with E-state index in [9.17, 15) is 0 Å². The summed E-state index contributed by atoms with van der Waals surface area (Å²) in [4.78, 5) is 3.59. The number of hydrogen-bond donors (Lipinski definition) is 1. The van der Waals surface area contributed by atoms with Crippen LogP contribution in [0, 0.1) is 0 Å². The first kappa shape index (κ1) is 13.7. The normalized spacial score (nSPS) is 15.1. The molecule has 0 bridgehead atoms. The number of nitrogens with two attached hydrogens (primary N) is 1. The topological polar surface area (TPSA) is 38.5 Å². The number of rotatable bonds is 7. The van der Waals surface area contributed by atoms with Crippen LogP contribution in [0.1, 0.15) is 18.4 Å². The molecule has 18 heavy (non-hydrogen) atoms. The quantitative estimate of drug-likeness (QED) is 0.769. The zero-order chi connectivity index (χ0) is 13.0. The first-order chi connectivity index (χ1) is 8.76. The van der Waals surface area contributed by atoms with Crippen LogP contribution in [0.15, 0.2) is 23.1 Å². The minimum Gasteiger partial charge on any atom is -0.492 e. The molecular formula is C14H22N2OS. The maximum Gasteiger partial charge on any atom is 0.124 e. The van der Waals surface area contributed by atoms with Crippen molar-refractivity contribution in [2.24, 2.45) is 5.73 Å². The molecule has 0 unspecified atom stereocenters. The molecule has 0 aromatic heterocycles. The van der Waals surface area contributed by atoms with E-state index in [1.807, 2.05) is 12.1 Å². The van der Waals surface area contributed by atoms with Crippen LogP contribution >= 0.6 is 11.8 Å². The van der Waals surface area contributed by atoms with Gasteiger partial charge < -0.3 is 15.4 Å². The van der Waals surface area contributed by atoms with Gasteiger partial charge in [-0.15, -0.1) is 11.8 Å². The fraction of sp³-hybridized carbons (Fsp3) is 0.571. The predicted molar refractivity (Wildman–Crippen MR) is 77.3 cm³/mol. The van der Waals surface area contributed by atoms with Crippen molar-refractivity contribution < 1.29 is 4.74 Å². The van der Waals surface area contributed by atoms with Crippen molar-refractivity contribution >= 4 is 11.8 Å². The summed E-state index contributed by atoms with van der Waals surface area (Å²) in [5.74, 6) is 0.938. The minimum atomic E-state index is 0.533. The first-order valence-corrected chi connectivity index (χ1v) is 7.67. The molecule has 1 aromatic rings.